The topological polar surface area (TPSA) is 46.3 Å². The number of amides is 1. The first-order valence-corrected chi connectivity index (χ1v) is 7.11. The number of alkyl halides is 3. The molecular weight excluding hydrogens is 300 g/mol. The molecule has 2 N–H and O–H groups in total. The first-order chi connectivity index (χ1) is 10.2. The van der Waals surface area contributed by atoms with E-state index in [0.717, 1.165) is 12.5 Å². The first-order valence-electron chi connectivity index (χ1n) is 7.11. The third-order valence-corrected chi connectivity index (χ3v) is 3.98. The van der Waals surface area contributed by atoms with Crippen LogP contribution in [-0.2, 0) is 6.18 Å². The highest BCUT2D eigenvalue weighted by Gasteiger charge is 2.34. The van der Waals surface area contributed by atoms with Gasteiger partial charge < -0.3 is 10.6 Å². The Balaban J connectivity index is 2.31. The Labute approximate surface area is 126 Å². The van der Waals surface area contributed by atoms with Crippen molar-refractivity contribution in [2.45, 2.75) is 32.0 Å². The molecule has 3 nitrogen and oxygen atoms in total. The van der Waals surface area contributed by atoms with Crippen LogP contribution >= 0.6 is 0 Å². The van der Waals surface area contributed by atoms with Crippen molar-refractivity contribution in [2.75, 3.05) is 13.1 Å². The SMILES string of the molecule is CC1CCN(C(=O)c2cc(F)cc(C(F)(F)F)c2)C(CN)C1. The van der Waals surface area contributed by atoms with Gasteiger partial charge in [0.25, 0.3) is 5.91 Å². The Bertz CT molecular complexity index is 559. The van der Waals surface area contributed by atoms with Gasteiger partial charge in [0.05, 0.1) is 5.56 Å². The number of nitrogens with two attached hydrogens (primary N) is 1. The number of nitrogens with zero attached hydrogens (tertiary/aromatic N) is 1. The third kappa shape index (κ3) is 3.58. The van der Waals surface area contributed by atoms with Gasteiger partial charge in [0, 0.05) is 24.7 Å². The maximum atomic E-state index is 13.4. The minimum absolute atomic E-state index is 0.228. The molecule has 2 rings (SSSR count). The second-order valence-corrected chi connectivity index (χ2v) is 5.74. The van der Waals surface area contributed by atoms with Crippen molar-refractivity contribution in [2.24, 2.45) is 11.7 Å². The summed E-state index contributed by atoms with van der Waals surface area (Å²) in [6, 6.07) is 1.68. The summed E-state index contributed by atoms with van der Waals surface area (Å²) in [5, 5.41) is 0. The van der Waals surface area contributed by atoms with Gasteiger partial charge in [0.15, 0.2) is 0 Å². The number of carbonyl (C=O) groups is 1. The summed E-state index contributed by atoms with van der Waals surface area (Å²) in [5.41, 5.74) is 4.20. The van der Waals surface area contributed by atoms with E-state index in [4.69, 9.17) is 5.73 Å². The van der Waals surface area contributed by atoms with E-state index in [2.05, 4.69) is 0 Å². The van der Waals surface area contributed by atoms with Crippen molar-refractivity contribution >= 4 is 5.91 Å². The van der Waals surface area contributed by atoms with Crippen LogP contribution in [0.15, 0.2) is 18.2 Å². The minimum Gasteiger partial charge on any atom is -0.334 e. The fourth-order valence-electron chi connectivity index (χ4n) is 2.79. The fourth-order valence-corrected chi connectivity index (χ4v) is 2.79. The van der Waals surface area contributed by atoms with E-state index in [1.54, 1.807) is 0 Å². The Morgan fingerprint density at radius 3 is 2.64 bits per heavy atom. The maximum absolute atomic E-state index is 13.4. The van der Waals surface area contributed by atoms with E-state index in [9.17, 15) is 22.4 Å². The van der Waals surface area contributed by atoms with Gasteiger partial charge in [-0.15, -0.1) is 0 Å². The maximum Gasteiger partial charge on any atom is 0.416 e. The second kappa shape index (κ2) is 6.24. The molecule has 0 aromatic heterocycles. The van der Waals surface area contributed by atoms with Crippen molar-refractivity contribution < 1.29 is 22.4 Å². The average Bonchev–Trinajstić information content (AvgIpc) is 2.44. The van der Waals surface area contributed by atoms with E-state index < -0.39 is 23.5 Å². The van der Waals surface area contributed by atoms with E-state index in [0.29, 0.717) is 31.0 Å². The summed E-state index contributed by atoms with van der Waals surface area (Å²) < 4.78 is 51.6. The largest absolute Gasteiger partial charge is 0.416 e. The third-order valence-electron chi connectivity index (χ3n) is 3.98. The number of piperidine rings is 1. The molecule has 1 amide bonds. The number of carbonyl (C=O) groups excluding carboxylic acids is 1. The molecular formula is C15H18F4N2O. The predicted molar refractivity (Wildman–Crippen MR) is 73.7 cm³/mol. The van der Waals surface area contributed by atoms with Gasteiger partial charge in [-0.2, -0.15) is 13.2 Å². The zero-order chi connectivity index (χ0) is 16.5. The number of rotatable bonds is 2. The quantitative estimate of drug-likeness (QED) is 0.852. The van der Waals surface area contributed by atoms with Crippen molar-refractivity contribution in [1.82, 2.24) is 4.90 Å². The highest BCUT2D eigenvalue weighted by molar-refractivity contribution is 5.94. The lowest BCUT2D eigenvalue weighted by atomic mass is 9.91. The average molecular weight is 318 g/mol. The van der Waals surface area contributed by atoms with Crippen molar-refractivity contribution in [3.05, 3.63) is 35.1 Å². The standard InChI is InChI=1S/C15H18F4N2O/c1-9-2-3-21(13(4-9)8-20)14(22)10-5-11(15(17,18)19)7-12(16)6-10/h5-7,9,13H,2-4,8,20H2,1H3. The molecule has 1 aliphatic rings. The Morgan fingerprint density at radius 1 is 1.36 bits per heavy atom. The molecule has 0 saturated carbocycles. The van der Waals surface area contributed by atoms with E-state index in [1.165, 1.54) is 4.90 Å². The summed E-state index contributed by atoms with van der Waals surface area (Å²) in [5.74, 6) is -1.28. The molecule has 1 saturated heterocycles. The number of benzene rings is 1. The van der Waals surface area contributed by atoms with Crippen LogP contribution in [0.3, 0.4) is 0 Å². The molecule has 0 radical (unpaired) electrons. The lowest BCUT2D eigenvalue weighted by molar-refractivity contribution is -0.137. The molecule has 1 aromatic rings. The zero-order valence-corrected chi connectivity index (χ0v) is 12.2. The monoisotopic (exact) mass is 318 g/mol. The predicted octanol–water partition coefficient (Wildman–Crippen LogP) is 3.04. The second-order valence-electron chi connectivity index (χ2n) is 5.74. The van der Waals surface area contributed by atoms with E-state index >= 15 is 0 Å². The molecule has 1 fully saturated rings. The number of halogens is 4. The Morgan fingerprint density at radius 2 is 2.05 bits per heavy atom. The van der Waals surface area contributed by atoms with Crippen molar-refractivity contribution in [3.63, 3.8) is 0 Å². The van der Waals surface area contributed by atoms with Gasteiger partial charge in [0.2, 0.25) is 0 Å². The zero-order valence-electron chi connectivity index (χ0n) is 12.2. The molecule has 1 aliphatic heterocycles. The van der Waals surface area contributed by atoms with Crippen LogP contribution in [0.1, 0.15) is 35.7 Å². The van der Waals surface area contributed by atoms with Crippen LogP contribution < -0.4 is 5.73 Å². The van der Waals surface area contributed by atoms with E-state index in [1.807, 2.05) is 6.92 Å². The van der Waals surface area contributed by atoms with Crippen molar-refractivity contribution in [1.29, 1.82) is 0 Å². The lowest BCUT2D eigenvalue weighted by Crippen LogP contribution is -2.49. The van der Waals surface area contributed by atoms with Gasteiger partial charge in [-0.25, -0.2) is 4.39 Å². The molecule has 0 bridgehead atoms. The van der Waals surface area contributed by atoms with Gasteiger partial charge in [-0.3, -0.25) is 4.79 Å². The molecule has 0 spiro atoms. The number of hydrogen-bond donors (Lipinski definition) is 1. The van der Waals surface area contributed by atoms with E-state index in [-0.39, 0.29) is 18.2 Å². The Hall–Kier alpha value is -1.63. The number of hydrogen-bond acceptors (Lipinski definition) is 2. The molecule has 7 heteroatoms. The molecule has 122 valence electrons. The van der Waals surface area contributed by atoms with Gasteiger partial charge in [0.1, 0.15) is 5.82 Å². The van der Waals surface area contributed by atoms with Gasteiger partial charge in [-0.05, 0) is 37.0 Å². The van der Waals surface area contributed by atoms with Crippen LogP contribution in [-0.4, -0.2) is 29.9 Å². The molecule has 2 unspecified atom stereocenters. The van der Waals surface area contributed by atoms with Gasteiger partial charge >= 0.3 is 6.18 Å². The van der Waals surface area contributed by atoms with Crippen molar-refractivity contribution in [3.8, 4) is 0 Å². The summed E-state index contributed by atoms with van der Waals surface area (Å²) in [4.78, 5) is 13.9. The summed E-state index contributed by atoms with van der Waals surface area (Å²) in [6.45, 7) is 2.69. The molecule has 2 atom stereocenters. The first kappa shape index (κ1) is 16.7. The lowest BCUT2D eigenvalue weighted by Gasteiger charge is -2.38. The molecule has 1 heterocycles. The fraction of sp³-hybridized carbons (Fsp3) is 0.533. The normalized spacial score (nSPS) is 22.7. The highest BCUT2D eigenvalue weighted by Crippen LogP contribution is 2.31. The summed E-state index contributed by atoms with van der Waals surface area (Å²) in [6.07, 6.45) is -3.24. The number of likely N-dealkylation sites (tertiary alicyclic amines) is 1. The van der Waals surface area contributed by atoms with Crippen LogP contribution in [0.25, 0.3) is 0 Å². The smallest absolute Gasteiger partial charge is 0.334 e. The van der Waals surface area contributed by atoms with Crippen LogP contribution in [0.2, 0.25) is 0 Å². The van der Waals surface area contributed by atoms with Crippen LogP contribution in [0, 0.1) is 11.7 Å². The van der Waals surface area contributed by atoms with Crippen LogP contribution in [0.5, 0.6) is 0 Å². The summed E-state index contributed by atoms with van der Waals surface area (Å²) >= 11 is 0. The molecule has 1 aromatic carbocycles. The highest BCUT2D eigenvalue weighted by atomic mass is 19.4. The van der Waals surface area contributed by atoms with Crippen LogP contribution in [0.4, 0.5) is 17.6 Å². The minimum atomic E-state index is -4.69. The molecule has 22 heavy (non-hydrogen) atoms. The Kier molecular flexibility index (Phi) is 4.75. The molecule has 0 aliphatic carbocycles. The van der Waals surface area contributed by atoms with Gasteiger partial charge in [-0.1, -0.05) is 6.92 Å². The summed E-state index contributed by atoms with van der Waals surface area (Å²) in [7, 11) is 0.